The average Bonchev–Trinajstić information content (AvgIpc) is 2.34. The summed E-state index contributed by atoms with van der Waals surface area (Å²) in [5, 5.41) is 0. The van der Waals surface area contributed by atoms with E-state index in [-0.39, 0.29) is 12.4 Å². The summed E-state index contributed by atoms with van der Waals surface area (Å²) in [4.78, 5) is 24.6. The molecule has 0 unspecified atom stereocenters. The molecule has 17 heavy (non-hydrogen) atoms. The summed E-state index contributed by atoms with van der Waals surface area (Å²) in [5.41, 5.74) is 6.40. The van der Waals surface area contributed by atoms with Crippen LogP contribution >= 0.6 is 0 Å². The Morgan fingerprint density at radius 2 is 2.29 bits per heavy atom. The minimum atomic E-state index is -0.363. The van der Waals surface area contributed by atoms with Gasteiger partial charge in [-0.3, -0.25) is 4.89 Å². The van der Waals surface area contributed by atoms with Gasteiger partial charge in [-0.25, -0.2) is 9.78 Å². The number of hydrogen-bond donors (Lipinski definition) is 1. The van der Waals surface area contributed by atoms with Crippen LogP contribution in [-0.2, 0) is 21.0 Å². The lowest BCUT2D eigenvalue weighted by Gasteiger charge is -2.03. The molecule has 0 aliphatic carbocycles. The van der Waals surface area contributed by atoms with Crippen LogP contribution in [0, 0.1) is 0 Å². The first-order valence-electron chi connectivity index (χ1n) is 5.75. The van der Waals surface area contributed by atoms with Crippen molar-refractivity contribution in [1.82, 2.24) is 4.98 Å². The fraction of sp³-hybridized carbons (Fsp3) is 0.500. The molecule has 0 amide bonds. The largest absolute Gasteiger partial charge is 0.384 e. The van der Waals surface area contributed by atoms with E-state index >= 15 is 0 Å². The molecule has 0 fully saturated rings. The molecule has 0 aliphatic heterocycles. The van der Waals surface area contributed by atoms with Gasteiger partial charge >= 0.3 is 5.97 Å². The Kier molecular flexibility index (Phi) is 6.03. The average molecular weight is 238 g/mol. The van der Waals surface area contributed by atoms with Crippen molar-refractivity contribution in [2.75, 3.05) is 12.3 Å². The molecule has 1 aromatic heterocycles. The molecular formula is C12H18N2O3. The molecule has 0 radical (unpaired) electrons. The summed E-state index contributed by atoms with van der Waals surface area (Å²) in [6.07, 6.45) is 4.39. The number of nitrogens with zero attached hydrogens (tertiary/aromatic N) is 1. The van der Waals surface area contributed by atoms with Crippen LogP contribution in [0.4, 0.5) is 5.82 Å². The van der Waals surface area contributed by atoms with Gasteiger partial charge in [0.05, 0.1) is 13.0 Å². The lowest BCUT2D eigenvalue weighted by molar-refractivity contribution is -0.272. The van der Waals surface area contributed by atoms with Crippen LogP contribution in [0.5, 0.6) is 0 Å². The summed E-state index contributed by atoms with van der Waals surface area (Å²) in [6.45, 7) is 2.49. The third-order valence-corrected chi connectivity index (χ3v) is 2.20. The second kappa shape index (κ2) is 7.62. The first kappa shape index (κ1) is 13.4. The molecule has 1 aromatic rings. The van der Waals surface area contributed by atoms with E-state index in [1.54, 1.807) is 12.3 Å². The number of carbonyl (C=O) groups is 1. The Morgan fingerprint density at radius 3 is 2.94 bits per heavy atom. The van der Waals surface area contributed by atoms with Gasteiger partial charge in [-0.1, -0.05) is 19.4 Å². The second-order valence-electron chi connectivity index (χ2n) is 3.72. The van der Waals surface area contributed by atoms with Crippen LogP contribution in [0.1, 0.15) is 31.7 Å². The Labute approximate surface area is 101 Å². The minimum absolute atomic E-state index is 0.276. The lowest BCUT2D eigenvalue weighted by Crippen LogP contribution is -2.07. The Balaban J connectivity index is 2.17. The number of unbranched alkanes of at least 4 members (excludes halogenated alkanes) is 1. The maximum absolute atomic E-state index is 11.3. The van der Waals surface area contributed by atoms with Gasteiger partial charge in [0.15, 0.2) is 0 Å². The highest BCUT2D eigenvalue weighted by Crippen LogP contribution is 2.05. The molecule has 0 saturated heterocycles. The van der Waals surface area contributed by atoms with Crippen molar-refractivity contribution in [1.29, 1.82) is 0 Å². The Bertz CT molecular complexity index is 338. The van der Waals surface area contributed by atoms with Crippen LogP contribution in [0.25, 0.3) is 0 Å². The molecule has 0 aliphatic rings. The maximum Gasteiger partial charge on any atom is 0.342 e. The number of aryl methyl sites for hydroxylation is 1. The topological polar surface area (TPSA) is 74.4 Å². The predicted octanol–water partition coefficient (Wildman–Crippen LogP) is 1.87. The van der Waals surface area contributed by atoms with Gasteiger partial charge in [-0.05, 0) is 24.5 Å². The van der Waals surface area contributed by atoms with E-state index in [1.165, 1.54) is 0 Å². The van der Waals surface area contributed by atoms with E-state index in [1.807, 2.05) is 13.0 Å². The van der Waals surface area contributed by atoms with Crippen LogP contribution in [0.15, 0.2) is 18.3 Å². The summed E-state index contributed by atoms with van der Waals surface area (Å²) in [7, 11) is 0. The number of rotatable bonds is 7. The van der Waals surface area contributed by atoms with Gasteiger partial charge in [0.25, 0.3) is 0 Å². The molecule has 5 heteroatoms. The highest BCUT2D eigenvalue weighted by atomic mass is 17.2. The van der Waals surface area contributed by atoms with Crippen LogP contribution in [0.2, 0.25) is 0 Å². The van der Waals surface area contributed by atoms with Crippen LogP contribution in [0.3, 0.4) is 0 Å². The van der Waals surface area contributed by atoms with E-state index in [0.29, 0.717) is 18.8 Å². The van der Waals surface area contributed by atoms with Gasteiger partial charge in [0.2, 0.25) is 0 Å². The predicted molar refractivity (Wildman–Crippen MR) is 63.9 cm³/mol. The number of pyridine rings is 1. The first-order valence-corrected chi connectivity index (χ1v) is 5.75. The van der Waals surface area contributed by atoms with Crippen molar-refractivity contribution < 1.29 is 14.6 Å². The zero-order valence-corrected chi connectivity index (χ0v) is 10.0. The molecule has 1 heterocycles. The third kappa shape index (κ3) is 5.87. The summed E-state index contributed by atoms with van der Waals surface area (Å²) in [5.74, 6) is 0.108. The van der Waals surface area contributed by atoms with Gasteiger partial charge < -0.3 is 5.73 Å². The van der Waals surface area contributed by atoms with E-state index in [4.69, 9.17) is 10.6 Å². The number of carbonyl (C=O) groups excluding carboxylic acids is 1. The number of anilines is 1. The fourth-order valence-electron chi connectivity index (χ4n) is 1.18. The fourth-order valence-corrected chi connectivity index (χ4v) is 1.18. The Hall–Kier alpha value is -1.62. The molecular weight excluding hydrogens is 220 g/mol. The quantitative estimate of drug-likeness (QED) is 0.446. The van der Waals surface area contributed by atoms with Crippen molar-refractivity contribution in [3.8, 4) is 0 Å². The number of nitrogens with two attached hydrogens (primary N) is 1. The van der Waals surface area contributed by atoms with Crippen LogP contribution in [-0.4, -0.2) is 17.6 Å². The molecule has 0 spiro atoms. The number of aromatic nitrogens is 1. The molecule has 0 bridgehead atoms. The molecule has 0 aromatic carbocycles. The van der Waals surface area contributed by atoms with Gasteiger partial charge in [-0.15, -0.1) is 0 Å². The van der Waals surface area contributed by atoms with Crippen molar-refractivity contribution >= 4 is 11.8 Å². The Morgan fingerprint density at radius 1 is 1.47 bits per heavy atom. The molecule has 0 saturated carbocycles. The molecule has 0 atom stereocenters. The summed E-state index contributed by atoms with van der Waals surface area (Å²) in [6, 6.07) is 3.55. The summed E-state index contributed by atoms with van der Waals surface area (Å²) >= 11 is 0. The normalized spacial score (nSPS) is 10.2. The lowest BCUT2D eigenvalue weighted by atomic mass is 10.1. The van der Waals surface area contributed by atoms with Crippen LogP contribution < -0.4 is 5.73 Å². The second-order valence-corrected chi connectivity index (χ2v) is 3.72. The number of hydrogen-bond acceptors (Lipinski definition) is 5. The van der Waals surface area contributed by atoms with Crippen molar-refractivity contribution in [3.63, 3.8) is 0 Å². The van der Waals surface area contributed by atoms with Gasteiger partial charge in [0, 0.05) is 6.20 Å². The smallest absolute Gasteiger partial charge is 0.342 e. The molecule has 1 rings (SSSR count). The van der Waals surface area contributed by atoms with E-state index in [0.717, 1.165) is 18.4 Å². The van der Waals surface area contributed by atoms with Crippen molar-refractivity contribution in [3.05, 3.63) is 23.9 Å². The highest BCUT2D eigenvalue weighted by Gasteiger charge is 2.05. The zero-order valence-electron chi connectivity index (χ0n) is 10.0. The minimum Gasteiger partial charge on any atom is -0.384 e. The van der Waals surface area contributed by atoms with E-state index in [9.17, 15) is 4.79 Å². The SMILES string of the molecule is CCCCOOC(=O)CCc1ccc(N)nc1. The monoisotopic (exact) mass is 238 g/mol. The molecule has 2 N–H and O–H groups in total. The zero-order chi connectivity index (χ0) is 12.5. The van der Waals surface area contributed by atoms with Crippen molar-refractivity contribution in [2.24, 2.45) is 0 Å². The summed E-state index contributed by atoms with van der Waals surface area (Å²) < 4.78 is 0. The van der Waals surface area contributed by atoms with E-state index < -0.39 is 0 Å². The molecule has 5 nitrogen and oxygen atoms in total. The standard InChI is InChI=1S/C12H18N2O3/c1-2-3-8-16-17-12(15)7-5-10-4-6-11(13)14-9-10/h4,6,9H,2-3,5,7-8H2,1H3,(H2,13,14). The first-order chi connectivity index (χ1) is 8.22. The van der Waals surface area contributed by atoms with E-state index in [2.05, 4.69) is 9.87 Å². The molecule has 94 valence electrons. The maximum atomic E-state index is 11.3. The van der Waals surface area contributed by atoms with Gasteiger partial charge in [-0.2, -0.15) is 4.89 Å². The van der Waals surface area contributed by atoms with Gasteiger partial charge in [0.1, 0.15) is 5.82 Å². The third-order valence-electron chi connectivity index (χ3n) is 2.20. The highest BCUT2D eigenvalue weighted by molar-refractivity contribution is 5.69. The number of nitrogen functional groups attached to an aromatic ring is 1. The van der Waals surface area contributed by atoms with Crippen molar-refractivity contribution in [2.45, 2.75) is 32.6 Å².